The molecule has 16 heavy (non-hydrogen) atoms. The summed E-state index contributed by atoms with van der Waals surface area (Å²) in [4.78, 5) is 1.28. The van der Waals surface area contributed by atoms with Gasteiger partial charge in [-0.25, -0.2) is 0 Å². The van der Waals surface area contributed by atoms with Crippen LogP contribution in [0, 0.1) is 11.3 Å². The first kappa shape index (κ1) is 14.2. The van der Waals surface area contributed by atoms with Gasteiger partial charge in [0.1, 0.15) is 0 Å². The SMILES string of the molecule is CC(C)CC(CN)(CO)Cc1cc(Br)cs1. The monoisotopic (exact) mass is 305 g/mol. The average molecular weight is 306 g/mol. The minimum Gasteiger partial charge on any atom is -0.396 e. The smallest absolute Gasteiger partial charge is 0.0503 e. The first-order valence-corrected chi connectivity index (χ1v) is 7.22. The van der Waals surface area contributed by atoms with Crippen molar-refractivity contribution in [1.82, 2.24) is 0 Å². The van der Waals surface area contributed by atoms with Crippen molar-refractivity contribution in [1.29, 1.82) is 0 Å². The van der Waals surface area contributed by atoms with Crippen molar-refractivity contribution >= 4 is 27.3 Å². The summed E-state index contributed by atoms with van der Waals surface area (Å²) >= 11 is 5.17. The first-order chi connectivity index (χ1) is 7.51. The normalized spacial score (nSPS) is 15.4. The molecule has 4 heteroatoms. The number of aliphatic hydroxyl groups is 1. The van der Waals surface area contributed by atoms with Gasteiger partial charge in [-0.1, -0.05) is 13.8 Å². The molecule has 3 N–H and O–H groups in total. The Balaban J connectivity index is 2.77. The zero-order valence-electron chi connectivity index (χ0n) is 9.87. The van der Waals surface area contributed by atoms with E-state index in [4.69, 9.17) is 5.73 Å². The largest absolute Gasteiger partial charge is 0.396 e. The fourth-order valence-corrected chi connectivity index (χ4v) is 3.72. The molecule has 1 heterocycles. The van der Waals surface area contributed by atoms with Crippen LogP contribution in [-0.4, -0.2) is 18.3 Å². The molecule has 1 atom stereocenters. The van der Waals surface area contributed by atoms with Gasteiger partial charge in [-0.3, -0.25) is 0 Å². The fourth-order valence-electron chi connectivity index (χ4n) is 2.09. The molecule has 0 aliphatic carbocycles. The van der Waals surface area contributed by atoms with Crippen molar-refractivity contribution in [3.63, 3.8) is 0 Å². The summed E-state index contributed by atoms with van der Waals surface area (Å²) in [5.74, 6) is 0.555. The van der Waals surface area contributed by atoms with E-state index >= 15 is 0 Å². The van der Waals surface area contributed by atoms with Gasteiger partial charge >= 0.3 is 0 Å². The van der Waals surface area contributed by atoms with E-state index in [-0.39, 0.29) is 12.0 Å². The summed E-state index contributed by atoms with van der Waals surface area (Å²) in [6.45, 7) is 5.04. The number of hydrogen-bond donors (Lipinski definition) is 2. The third-order valence-electron chi connectivity index (χ3n) is 2.78. The molecule has 0 fully saturated rings. The third kappa shape index (κ3) is 3.84. The third-order valence-corrected chi connectivity index (χ3v) is 4.48. The molecule has 1 unspecified atom stereocenters. The summed E-state index contributed by atoms with van der Waals surface area (Å²) < 4.78 is 1.11. The highest BCUT2D eigenvalue weighted by atomic mass is 79.9. The Morgan fingerprint density at radius 2 is 2.25 bits per heavy atom. The highest BCUT2D eigenvalue weighted by Gasteiger charge is 2.29. The molecule has 0 bridgehead atoms. The zero-order valence-corrected chi connectivity index (χ0v) is 12.3. The molecule has 0 aliphatic rings. The van der Waals surface area contributed by atoms with Crippen molar-refractivity contribution < 1.29 is 5.11 Å². The molecule has 0 aromatic carbocycles. The van der Waals surface area contributed by atoms with E-state index in [2.05, 4.69) is 41.2 Å². The Morgan fingerprint density at radius 1 is 1.56 bits per heavy atom. The van der Waals surface area contributed by atoms with Gasteiger partial charge in [-0.15, -0.1) is 11.3 Å². The second-order valence-corrected chi connectivity index (χ2v) is 6.78. The van der Waals surface area contributed by atoms with E-state index in [1.807, 2.05) is 0 Å². The van der Waals surface area contributed by atoms with Gasteiger partial charge in [-0.2, -0.15) is 0 Å². The molecule has 1 rings (SSSR count). The van der Waals surface area contributed by atoms with Crippen LogP contribution in [0.3, 0.4) is 0 Å². The Bertz CT molecular complexity index is 321. The van der Waals surface area contributed by atoms with Gasteiger partial charge in [0.05, 0.1) is 6.61 Å². The standard InChI is InChI=1S/C12H20BrNOS/c1-9(2)4-12(7-14,8-15)5-11-3-10(13)6-16-11/h3,6,9,15H,4-5,7-8,14H2,1-2H3. The summed E-state index contributed by atoms with van der Waals surface area (Å²) in [5.41, 5.74) is 5.70. The summed E-state index contributed by atoms with van der Waals surface area (Å²) in [6, 6.07) is 2.12. The maximum Gasteiger partial charge on any atom is 0.0503 e. The maximum absolute atomic E-state index is 9.61. The van der Waals surface area contributed by atoms with E-state index in [0.717, 1.165) is 17.3 Å². The van der Waals surface area contributed by atoms with Gasteiger partial charge in [0.15, 0.2) is 0 Å². The molecule has 92 valence electrons. The van der Waals surface area contributed by atoms with E-state index in [0.29, 0.717) is 12.5 Å². The van der Waals surface area contributed by atoms with Crippen LogP contribution < -0.4 is 5.73 Å². The molecule has 0 aliphatic heterocycles. The molecule has 0 spiro atoms. The van der Waals surface area contributed by atoms with Crippen molar-refractivity contribution in [2.24, 2.45) is 17.1 Å². The van der Waals surface area contributed by atoms with Gasteiger partial charge in [0.25, 0.3) is 0 Å². The lowest BCUT2D eigenvalue weighted by Gasteiger charge is -2.31. The highest BCUT2D eigenvalue weighted by Crippen LogP contribution is 2.32. The van der Waals surface area contributed by atoms with Crippen LogP contribution in [0.25, 0.3) is 0 Å². The Kier molecular flexibility index (Phi) is 5.44. The van der Waals surface area contributed by atoms with E-state index < -0.39 is 0 Å². The number of rotatable bonds is 6. The second-order valence-electron chi connectivity index (χ2n) is 4.87. The summed E-state index contributed by atoms with van der Waals surface area (Å²) in [6.07, 6.45) is 1.84. The Morgan fingerprint density at radius 3 is 2.62 bits per heavy atom. The molecule has 0 saturated heterocycles. The maximum atomic E-state index is 9.61. The van der Waals surface area contributed by atoms with Crippen LogP contribution in [0.4, 0.5) is 0 Å². The molecule has 2 nitrogen and oxygen atoms in total. The van der Waals surface area contributed by atoms with Crippen molar-refractivity contribution in [2.45, 2.75) is 26.7 Å². The zero-order chi connectivity index (χ0) is 12.2. The minimum atomic E-state index is -0.154. The van der Waals surface area contributed by atoms with Crippen LogP contribution in [0.5, 0.6) is 0 Å². The van der Waals surface area contributed by atoms with Crippen molar-refractivity contribution in [2.75, 3.05) is 13.2 Å². The van der Waals surface area contributed by atoms with Crippen LogP contribution in [0.2, 0.25) is 0 Å². The second kappa shape index (κ2) is 6.15. The number of thiophene rings is 1. The van der Waals surface area contributed by atoms with Gasteiger partial charge in [-0.05, 0) is 40.8 Å². The van der Waals surface area contributed by atoms with Gasteiger partial charge < -0.3 is 10.8 Å². The lowest BCUT2D eigenvalue weighted by molar-refractivity contribution is 0.109. The van der Waals surface area contributed by atoms with E-state index in [1.54, 1.807) is 11.3 Å². The molecule has 0 radical (unpaired) electrons. The number of halogens is 1. The summed E-state index contributed by atoms with van der Waals surface area (Å²) in [7, 11) is 0. The van der Waals surface area contributed by atoms with Crippen LogP contribution in [0.1, 0.15) is 25.1 Å². The predicted molar refractivity (Wildman–Crippen MR) is 73.8 cm³/mol. The predicted octanol–water partition coefficient (Wildman–Crippen LogP) is 3.04. The lowest BCUT2D eigenvalue weighted by atomic mass is 9.77. The number of aliphatic hydroxyl groups excluding tert-OH is 1. The van der Waals surface area contributed by atoms with E-state index in [1.165, 1.54) is 4.88 Å². The van der Waals surface area contributed by atoms with Crippen molar-refractivity contribution in [3.05, 3.63) is 20.8 Å². The molecule has 1 aromatic heterocycles. The van der Waals surface area contributed by atoms with Crippen LogP contribution in [0.15, 0.2) is 15.9 Å². The molecular formula is C12H20BrNOS. The average Bonchev–Trinajstić information content (AvgIpc) is 2.62. The molecular weight excluding hydrogens is 286 g/mol. The van der Waals surface area contributed by atoms with Crippen LogP contribution >= 0.6 is 27.3 Å². The van der Waals surface area contributed by atoms with Gasteiger partial charge in [0, 0.05) is 26.7 Å². The quantitative estimate of drug-likeness (QED) is 0.848. The van der Waals surface area contributed by atoms with E-state index in [9.17, 15) is 5.11 Å². The number of nitrogens with two attached hydrogens (primary N) is 1. The molecule has 1 aromatic rings. The molecule has 0 saturated carbocycles. The molecule has 0 amide bonds. The van der Waals surface area contributed by atoms with Crippen LogP contribution in [-0.2, 0) is 6.42 Å². The lowest BCUT2D eigenvalue weighted by Crippen LogP contribution is -2.37. The van der Waals surface area contributed by atoms with Gasteiger partial charge in [0.2, 0.25) is 0 Å². The number of hydrogen-bond acceptors (Lipinski definition) is 3. The Hall–Kier alpha value is 0.1000. The first-order valence-electron chi connectivity index (χ1n) is 5.55. The topological polar surface area (TPSA) is 46.2 Å². The Labute approximate surface area is 110 Å². The minimum absolute atomic E-state index is 0.154. The highest BCUT2D eigenvalue weighted by molar-refractivity contribution is 9.10. The fraction of sp³-hybridized carbons (Fsp3) is 0.667. The van der Waals surface area contributed by atoms with Crippen molar-refractivity contribution in [3.8, 4) is 0 Å². The summed E-state index contributed by atoms with van der Waals surface area (Å²) in [5, 5.41) is 11.7.